The molecule has 0 aliphatic carbocycles. The van der Waals surface area contributed by atoms with E-state index in [4.69, 9.17) is 0 Å². The lowest BCUT2D eigenvalue weighted by Crippen LogP contribution is -2.47. The first-order chi connectivity index (χ1) is 15.9. The number of nitrogens with zero attached hydrogens (tertiary/aromatic N) is 2. The Morgan fingerprint density at radius 2 is 1.73 bits per heavy atom. The van der Waals surface area contributed by atoms with Crippen LogP contribution in [0, 0.1) is 5.82 Å². The number of thiophene rings is 1. The molecule has 3 aromatic rings. The molecular formula is C26H30FN3O2S. The van der Waals surface area contributed by atoms with E-state index in [1.54, 1.807) is 33.3 Å². The third kappa shape index (κ3) is 6.89. The second-order valence-corrected chi connectivity index (χ2v) is 9.15. The molecule has 0 bridgehead atoms. The number of hydrogen-bond acceptors (Lipinski definition) is 3. The summed E-state index contributed by atoms with van der Waals surface area (Å²) in [6.07, 6.45) is 0.795. The number of carbonyl (C=O) groups is 2. The van der Waals surface area contributed by atoms with Gasteiger partial charge in [0, 0.05) is 23.2 Å². The summed E-state index contributed by atoms with van der Waals surface area (Å²) < 4.78 is 13.3. The van der Waals surface area contributed by atoms with E-state index in [0.717, 1.165) is 28.1 Å². The number of urea groups is 1. The molecule has 3 amide bonds. The average molecular weight is 468 g/mol. The first-order valence-electron chi connectivity index (χ1n) is 11.1. The Bertz CT molecular complexity index is 1050. The molecule has 3 rings (SSSR count). The molecule has 174 valence electrons. The van der Waals surface area contributed by atoms with Crippen LogP contribution in [0.2, 0.25) is 0 Å². The Morgan fingerprint density at radius 1 is 1.00 bits per heavy atom. The number of anilines is 1. The summed E-state index contributed by atoms with van der Waals surface area (Å²) in [5.74, 6) is -0.481. The summed E-state index contributed by atoms with van der Waals surface area (Å²) in [4.78, 5) is 30.8. The van der Waals surface area contributed by atoms with Gasteiger partial charge < -0.3 is 15.1 Å². The standard InChI is InChI=1S/C26H30FN3O2S/c1-4-21-8-5-6-10-24(21)28-26(32)30(19(2)3)18-25(31)29(17-23-9-7-15-33-23)16-20-11-13-22(27)14-12-20/h5-15,19H,4,16-18H2,1-3H3,(H,28,32). The maximum atomic E-state index is 13.4. The molecule has 0 atom stereocenters. The molecule has 5 nitrogen and oxygen atoms in total. The number of amides is 3. The normalized spacial score (nSPS) is 10.8. The van der Waals surface area contributed by atoms with Crippen molar-refractivity contribution in [3.63, 3.8) is 0 Å². The SMILES string of the molecule is CCc1ccccc1NC(=O)N(CC(=O)N(Cc1ccc(F)cc1)Cc1cccs1)C(C)C. The minimum absolute atomic E-state index is 0.0512. The molecule has 0 fully saturated rings. The van der Waals surface area contributed by atoms with Gasteiger partial charge in [0.1, 0.15) is 12.4 Å². The lowest BCUT2D eigenvalue weighted by molar-refractivity contribution is -0.133. The Hall–Kier alpha value is -3.19. The summed E-state index contributed by atoms with van der Waals surface area (Å²) in [5.41, 5.74) is 2.63. The predicted octanol–water partition coefficient (Wildman–Crippen LogP) is 5.92. The van der Waals surface area contributed by atoms with E-state index < -0.39 is 0 Å². The van der Waals surface area contributed by atoms with Gasteiger partial charge >= 0.3 is 6.03 Å². The molecule has 0 unspecified atom stereocenters. The second-order valence-electron chi connectivity index (χ2n) is 8.12. The molecule has 1 aromatic heterocycles. The molecule has 0 saturated carbocycles. The highest BCUT2D eigenvalue weighted by atomic mass is 32.1. The molecule has 1 heterocycles. The van der Waals surface area contributed by atoms with Gasteiger partial charge in [-0.1, -0.05) is 43.3 Å². The summed E-state index contributed by atoms with van der Waals surface area (Å²) in [6.45, 7) is 6.53. The summed E-state index contributed by atoms with van der Waals surface area (Å²) in [6, 6.07) is 17.3. The first kappa shape index (κ1) is 24.5. The Labute approximate surface area is 198 Å². The number of carbonyl (C=O) groups excluding carboxylic acids is 2. The van der Waals surface area contributed by atoms with Crippen LogP contribution in [0.15, 0.2) is 66.0 Å². The monoisotopic (exact) mass is 467 g/mol. The summed E-state index contributed by atoms with van der Waals surface area (Å²) >= 11 is 1.57. The zero-order valence-corrected chi connectivity index (χ0v) is 20.1. The molecule has 0 radical (unpaired) electrons. The third-order valence-corrected chi connectivity index (χ3v) is 6.26. The van der Waals surface area contributed by atoms with Crippen molar-refractivity contribution in [1.29, 1.82) is 0 Å². The van der Waals surface area contributed by atoms with E-state index >= 15 is 0 Å². The van der Waals surface area contributed by atoms with Gasteiger partial charge in [0.25, 0.3) is 0 Å². The fourth-order valence-electron chi connectivity index (χ4n) is 3.51. The van der Waals surface area contributed by atoms with Crippen molar-refractivity contribution >= 4 is 29.0 Å². The summed E-state index contributed by atoms with van der Waals surface area (Å²) in [7, 11) is 0. The van der Waals surface area contributed by atoms with Crippen LogP contribution in [-0.4, -0.2) is 34.3 Å². The largest absolute Gasteiger partial charge is 0.332 e. The fraction of sp³-hybridized carbons (Fsp3) is 0.308. The molecule has 2 aromatic carbocycles. The van der Waals surface area contributed by atoms with Crippen molar-refractivity contribution in [3.8, 4) is 0 Å². The number of aryl methyl sites for hydroxylation is 1. The van der Waals surface area contributed by atoms with Gasteiger partial charge in [-0.25, -0.2) is 9.18 Å². The fourth-order valence-corrected chi connectivity index (χ4v) is 4.22. The van der Waals surface area contributed by atoms with Gasteiger partial charge in [-0.05, 0) is 61.0 Å². The number of para-hydroxylation sites is 1. The van der Waals surface area contributed by atoms with Crippen LogP contribution in [0.4, 0.5) is 14.9 Å². The number of halogens is 1. The Balaban J connectivity index is 1.76. The quantitative estimate of drug-likeness (QED) is 0.425. The molecule has 0 saturated heterocycles. The highest BCUT2D eigenvalue weighted by Gasteiger charge is 2.24. The van der Waals surface area contributed by atoms with Gasteiger partial charge in [0.2, 0.25) is 5.91 Å². The molecule has 7 heteroatoms. The smallest absolute Gasteiger partial charge is 0.322 e. The van der Waals surface area contributed by atoms with Crippen LogP contribution in [-0.2, 0) is 24.3 Å². The van der Waals surface area contributed by atoms with Gasteiger partial charge in [-0.3, -0.25) is 4.79 Å². The van der Waals surface area contributed by atoms with E-state index in [1.165, 1.54) is 12.1 Å². The van der Waals surface area contributed by atoms with Gasteiger partial charge in [0.15, 0.2) is 0 Å². The molecule has 0 aliphatic rings. The highest BCUT2D eigenvalue weighted by molar-refractivity contribution is 7.09. The molecule has 1 N–H and O–H groups in total. The number of benzene rings is 2. The van der Waals surface area contributed by atoms with Crippen molar-refractivity contribution in [2.24, 2.45) is 0 Å². The Kier molecular flexibility index (Phi) is 8.60. The van der Waals surface area contributed by atoms with Crippen LogP contribution in [0.1, 0.15) is 36.8 Å². The highest BCUT2D eigenvalue weighted by Crippen LogP contribution is 2.18. The molecular weight excluding hydrogens is 437 g/mol. The topological polar surface area (TPSA) is 52.7 Å². The van der Waals surface area contributed by atoms with Crippen LogP contribution < -0.4 is 5.32 Å². The van der Waals surface area contributed by atoms with Crippen molar-refractivity contribution in [3.05, 3.63) is 87.9 Å². The first-order valence-corrected chi connectivity index (χ1v) is 12.0. The maximum Gasteiger partial charge on any atom is 0.322 e. The van der Waals surface area contributed by atoms with E-state index in [2.05, 4.69) is 5.32 Å². The third-order valence-electron chi connectivity index (χ3n) is 5.40. The van der Waals surface area contributed by atoms with E-state index in [9.17, 15) is 14.0 Å². The van der Waals surface area contributed by atoms with E-state index in [-0.39, 0.29) is 30.3 Å². The van der Waals surface area contributed by atoms with Crippen LogP contribution in [0.3, 0.4) is 0 Å². The van der Waals surface area contributed by atoms with Crippen molar-refractivity contribution in [2.45, 2.75) is 46.3 Å². The van der Waals surface area contributed by atoms with Crippen LogP contribution >= 0.6 is 11.3 Å². The van der Waals surface area contributed by atoms with Crippen molar-refractivity contribution < 1.29 is 14.0 Å². The number of rotatable bonds is 9. The average Bonchev–Trinajstić information content (AvgIpc) is 3.31. The number of nitrogens with one attached hydrogen (secondary N) is 1. The second kappa shape index (κ2) is 11.6. The Morgan fingerprint density at radius 3 is 2.36 bits per heavy atom. The molecule has 33 heavy (non-hydrogen) atoms. The van der Waals surface area contributed by atoms with E-state index in [0.29, 0.717) is 13.1 Å². The zero-order chi connectivity index (χ0) is 23.8. The van der Waals surface area contributed by atoms with Gasteiger partial charge in [-0.15, -0.1) is 11.3 Å². The van der Waals surface area contributed by atoms with Gasteiger partial charge in [-0.2, -0.15) is 0 Å². The lowest BCUT2D eigenvalue weighted by Gasteiger charge is -2.30. The van der Waals surface area contributed by atoms with E-state index in [1.807, 2.05) is 62.5 Å². The van der Waals surface area contributed by atoms with Crippen molar-refractivity contribution in [2.75, 3.05) is 11.9 Å². The summed E-state index contributed by atoms with van der Waals surface area (Å²) in [5, 5.41) is 4.93. The lowest BCUT2D eigenvalue weighted by atomic mass is 10.1. The van der Waals surface area contributed by atoms with Crippen LogP contribution in [0.5, 0.6) is 0 Å². The minimum Gasteiger partial charge on any atom is -0.332 e. The van der Waals surface area contributed by atoms with Crippen molar-refractivity contribution in [1.82, 2.24) is 9.80 Å². The molecule has 0 spiro atoms. The maximum absolute atomic E-state index is 13.4. The zero-order valence-electron chi connectivity index (χ0n) is 19.3. The number of hydrogen-bond donors (Lipinski definition) is 1. The predicted molar refractivity (Wildman–Crippen MR) is 132 cm³/mol. The minimum atomic E-state index is -0.315. The van der Waals surface area contributed by atoms with Crippen LogP contribution in [0.25, 0.3) is 0 Å². The van der Waals surface area contributed by atoms with Gasteiger partial charge in [0.05, 0.1) is 6.54 Å². The molecule has 0 aliphatic heterocycles.